The van der Waals surface area contributed by atoms with Gasteiger partial charge in [-0.2, -0.15) is 22.7 Å². The molecule has 0 radical (unpaired) electrons. The predicted octanol–water partition coefficient (Wildman–Crippen LogP) is 13.2. The summed E-state index contributed by atoms with van der Waals surface area (Å²) in [5, 5.41) is 8.77. The lowest BCUT2D eigenvalue weighted by molar-refractivity contribution is 0.0340. The van der Waals surface area contributed by atoms with Crippen LogP contribution in [0.15, 0.2) is 57.9 Å². The van der Waals surface area contributed by atoms with Gasteiger partial charge >= 0.3 is 0 Å². The molecule has 2 bridgehead atoms. The third-order valence-corrected chi connectivity index (χ3v) is 11.6. The molecule has 3 saturated heterocycles. The molecule has 3 aliphatic rings. The van der Waals surface area contributed by atoms with E-state index in [0.29, 0.717) is 12.0 Å². The van der Waals surface area contributed by atoms with E-state index in [-0.39, 0.29) is 0 Å². The summed E-state index contributed by atoms with van der Waals surface area (Å²) in [7, 11) is 0. The van der Waals surface area contributed by atoms with Crippen molar-refractivity contribution >= 4 is 39.7 Å². The fourth-order valence-electron chi connectivity index (χ4n) is 7.51. The topological polar surface area (TPSA) is 15.7 Å². The maximum atomic E-state index is 6.88. The number of rotatable bonds is 5. The molecule has 248 valence electrons. The lowest BCUT2D eigenvalue weighted by atomic mass is 9.88. The highest BCUT2D eigenvalue weighted by Crippen LogP contribution is 2.38. The highest BCUT2D eigenvalue weighted by Gasteiger charge is 2.30. The summed E-state index contributed by atoms with van der Waals surface area (Å²) < 4.78 is 6.88. The molecule has 0 amide bonds. The van der Waals surface area contributed by atoms with E-state index >= 15 is 0 Å². The Labute approximate surface area is 283 Å². The minimum absolute atomic E-state index is 0.295. The van der Waals surface area contributed by atoms with E-state index in [4.69, 9.17) is 4.74 Å². The summed E-state index contributed by atoms with van der Waals surface area (Å²) in [5.41, 5.74) is 3.63. The first-order chi connectivity index (χ1) is 22.4. The molecule has 3 aliphatic heterocycles. The van der Waals surface area contributed by atoms with Crippen molar-refractivity contribution in [3.8, 4) is 5.75 Å². The molecule has 3 fully saturated rings. The number of hydrogen-bond acceptors (Lipinski definition) is 5. The van der Waals surface area contributed by atoms with Gasteiger partial charge in [-0.1, -0.05) is 116 Å². The summed E-state index contributed by atoms with van der Waals surface area (Å²) in [5.74, 6) is 1.69. The standard InChI is InChI=1S/C40H60N2OS2/c1-2-4-6-8-10-12-14-16-18-20-35-25-29-41(28-19-17-15-13-11-9-7-5-3-1)32-40(35)43-39-23-21-36(22-24-39)42(37-26-30-44-33-37)38-27-31-45-34-38/h21-24,26-27,30-31,33-35,40H,1-20,25,28-29,32H2. The highest BCUT2D eigenvalue weighted by atomic mass is 32.1. The number of ether oxygens (including phenoxy) is 1. The number of benzene rings is 1. The first-order valence-electron chi connectivity index (χ1n) is 18.7. The lowest BCUT2D eigenvalue weighted by Gasteiger charge is -2.39. The van der Waals surface area contributed by atoms with Gasteiger partial charge in [0.25, 0.3) is 0 Å². The molecule has 0 N–H and O–H groups in total. The summed E-state index contributed by atoms with van der Waals surface area (Å²) in [4.78, 5) is 5.06. The van der Waals surface area contributed by atoms with Crippen LogP contribution in [0, 0.1) is 5.92 Å². The Bertz CT molecular complexity index is 1090. The molecule has 5 heterocycles. The summed E-state index contributed by atoms with van der Waals surface area (Å²) in [6, 6.07) is 13.3. The third kappa shape index (κ3) is 12.0. The number of piperidine rings is 1. The van der Waals surface area contributed by atoms with Crippen molar-refractivity contribution in [2.24, 2.45) is 5.92 Å². The van der Waals surface area contributed by atoms with Crippen LogP contribution < -0.4 is 9.64 Å². The second-order valence-electron chi connectivity index (χ2n) is 13.8. The highest BCUT2D eigenvalue weighted by molar-refractivity contribution is 7.08. The molecule has 2 aromatic heterocycles. The minimum atomic E-state index is 0.295. The molecular weight excluding hydrogens is 589 g/mol. The average Bonchev–Trinajstić information content (AvgIpc) is 3.79. The van der Waals surface area contributed by atoms with Crippen LogP contribution in [0.4, 0.5) is 17.1 Å². The van der Waals surface area contributed by atoms with Gasteiger partial charge in [-0.05, 0) is 85.4 Å². The molecule has 3 aromatic rings. The Hall–Kier alpha value is -1.82. The molecular formula is C40H60N2OS2. The van der Waals surface area contributed by atoms with E-state index in [9.17, 15) is 0 Å². The molecule has 5 heteroatoms. The van der Waals surface area contributed by atoms with Crippen molar-refractivity contribution in [1.82, 2.24) is 4.90 Å². The molecule has 3 nitrogen and oxygen atoms in total. The van der Waals surface area contributed by atoms with Crippen LogP contribution in [0.25, 0.3) is 0 Å². The second kappa shape index (κ2) is 20.4. The Morgan fingerprint density at radius 3 is 1.49 bits per heavy atom. The van der Waals surface area contributed by atoms with Gasteiger partial charge < -0.3 is 9.64 Å². The zero-order chi connectivity index (χ0) is 30.8. The van der Waals surface area contributed by atoms with E-state index in [0.717, 1.165) is 12.3 Å². The summed E-state index contributed by atoms with van der Waals surface area (Å²) in [6.45, 7) is 3.57. The summed E-state index contributed by atoms with van der Waals surface area (Å²) in [6.07, 6.45) is 30.1. The van der Waals surface area contributed by atoms with E-state index in [1.165, 1.54) is 165 Å². The lowest BCUT2D eigenvalue weighted by Crippen LogP contribution is -2.47. The molecule has 3 atom stereocenters. The van der Waals surface area contributed by atoms with Gasteiger partial charge in [-0.15, -0.1) is 0 Å². The van der Waals surface area contributed by atoms with E-state index in [1.54, 1.807) is 22.7 Å². The zero-order valence-electron chi connectivity index (χ0n) is 28.0. The van der Waals surface area contributed by atoms with E-state index in [1.807, 2.05) is 0 Å². The van der Waals surface area contributed by atoms with Crippen LogP contribution in [-0.4, -0.2) is 30.6 Å². The van der Waals surface area contributed by atoms with Crippen LogP contribution in [0.2, 0.25) is 0 Å². The summed E-state index contributed by atoms with van der Waals surface area (Å²) >= 11 is 3.49. The largest absolute Gasteiger partial charge is 0.489 e. The van der Waals surface area contributed by atoms with Crippen molar-refractivity contribution in [2.45, 2.75) is 141 Å². The van der Waals surface area contributed by atoms with Gasteiger partial charge in [0, 0.05) is 23.0 Å². The number of hydrogen-bond donors (Lipinski definition) is 0. The minimum Gasteiger partial charge on any atom is -0.489 e. The number of anilines is 3. The number of fused-ring (bicyclic) bond motifs is 22. The molecule has 1 aromatic carbocycles. The Morgan fingerprint density at radius 2 is 1.00 bits per heavy atom. The van der Waals surface area contributed by atoms with Crippen LogP contribution in [0.5, 0.6) is 5.75 Å². The molecule has 0 spiro atoms. The monoisotopic (exact) mass is 648 g/mol. The van der Waals surface area contributed by atoms with Crippen molar-refractivity contribution in [1.29, 1.82) is 0 Å². The maximum Gasteiger partial charge on any atom is 0.119 e. The Balaban J connectivity index is 1.16. The Kier molecular flexibility index (Phi) is 15.7. The van der Waals surface area contributed by atoms with Crippen LogP contribution in [0.1, 0.15) is 135 Å². The Morgan fingerprint density at radius 1 is 0.511 bits per heavy atom. The number of thiophene rings is 2. The normalized spacial score (nSPS) is 24.3. The van der Waals surface area contributed by atoms with Gasteiger partial charge in [0.05, 0.1) is 11.4 Å². The number of nitrogens with zero attached hydrogens (tertiary/aromatic N) is 2. The van der Waals surface area contributed by atoms with E-state index in [2.05, 4.69) is 67.7 Å². The van der Waals surface area contributed by atoms with Gasteiger partial charge in [0.15, 0.2) is 0 Å². The smallest absolute Gasteiger partial charge is 0.119 e. The third-order valence-electron chi connectivity index (χ3n) is 10.2. The van der Waals surface area contributed by atoms with Crippen molar-refractivity contribution < 1.29 is 4.74 Å². The molecule has 6 rings (SSSR count). The van der Waals surface area contributed by atoms with Crippen molar-refractivity contribution in [2.75, 3.05) is 24.5 Å². The molecule has 3 unspecified atom stereocenters. The van der Waals surface area contributed by atoms with Gasteiger partial charge in [0.1, 0.15) is 11.9 Å². The average molecular weight is 649 g/mol. The first kappa shape index (κ1) is 34.5. The maximum absolute atomic E-state index is 6.88. The van der Waals surface area contributed by atoms with Gasteiger partial charge in [-0.25, -0.2) is 0 Å². The fraction of sp³-hybridized carbons (Fsp3) is 0.650. The van der Waals surface area contributed by atoms with Gasteiger partial charge in [0.2, 0.25) is 0 Å². The van der Waals surface area contributed by atoms with Crippen molar-refractivity contribution in [3.63, 3.8) is 0 Å². The van der Waals surface area contributed by atoms with Crippen LogP contribution in [0.3, 0.4) is 0 Å². The first-order valence-corrected chi connectivity index (χ1v) is 20.6. The van der Waals surface area contributed by atoms with E-state index < -0.39 is 0 Å². The molecule has 0 aliphatic carbocycles. The zero-order valence-corrected chi connectivity index (χ0v) is 29.7. The van der Waals surface area contributed by atoms with Crippen LogP contribution >= 0.6 is 22.7 Å². The molecule has 0 saturated carbocycles. The SMILES string of the molecule is c1cc(N(c2ccc(OC3CN4CCCCCCCCCCCCCCCCCCCCCC3CC4)cc2)c2ccsc2)cs1. The fourth-order valence-corrected chi connectivity index (χ4v) is 8.75. The van der Waals surface area contributed by atoms with Crippen molar-refractivity contribution in [3.05, 3.63) is 57.9 Å². The quantitative estimate of drug-likeness (QED) is 0.274. The predicted molar refractivity (Wildman–Crippen MR) is 198 cm³/mol. The second-order valence-corrected chi connectivity index (χ2v) is 15.4. The van der Waals surface area contributed by atoms with Crippen LogP contribution in [-0.2, 0) is 0 Å². The van der Waals surface area contributed by atoms with Gasteiger partial charge in [-0.3, -0.25) is 4.90 Å². The molecule has 45 heavy (non-hydrogen) atoms.